The third-order valence-electron chi connectivity index (χ3n) is 3.19. The molecule has 2 aromatic carbocycles. The second kappa shape index (κ2) is 7.52. The van der Waals surface area contributed by atoms with Crippen molar-refractivity contribution >= 4 is 34.8 Å². The molecule has 5 heteroatoms. The highest BCUT2D eigenvalue weighted by molar-refractivity contribution is 6.36. The normalized spacial score (nSPS) is 11.8. The summed E-state index contributed by atoms with van der Waals surface area (Å²) in [4.78, 5) is 12.3. The maximum atomic E-state index is 12.3. The predicted molar refractivity (Wildman–Crippen MR) is 91.2 cm³/mol. The summed E-state index contributed by atoms with van der Waals surface area (Å²) in [6, 6.07) is 12.0. The Morgan fingerprint density at radius 2 is 2.00 bits per heavy atom. The third kappa shape index (κ3) is 4.39. The van der Waals surface area contributed by atoms with Crippen molar-refractivity contribution < 1.29 is 9.53 Å². The first-order chi connectivity index (χ1) is 10.5. The molecule has 0 aromatic heterocycles. The van der Waals surface area contributed by atoms with E-state index in [1.54, 1.807) is 36.4 Å². The van der Waals surface area contributed by atoms with E-state index in [2.05, 4.69) is 5.32 Å². The monoisotopic (exact) mass is 337 g/mol. The van der Waals surface area contributed by atoms with Crippen molar-refractivity contribution in [2.45, 2.75) is 26.4 Å². The van der Waals surface area contributed by atoms with Gasteiger partial charge in [0.15, 0.2) is 0 Å². The summed E-state index contributed by atoms with van der Waals surface area (Å²) in [6.07, 6.45) is 1.00. The number of ether oxygens (including phenoxy) is 1. The highest BCUT2D eigenvalue weighted by atomic mass is 35.5. The summed E-state index contributed by atoms with van der Waals surface area (Å²) in [6.45, 7) is 4.03. The highest BCUT2D eigenvalue weighted by Gasteiger charge is 2.10. The van der Waals surface area contributed by atoms with Gasteiger partial charge in [-0.3, -0.25) is 4.79 Å². The fraction of sp³-hybridized carbons (Fsp3) is 0.235. The molecular weight excluding hydrogens is 321 g/mol. The summed E-state index contributed by atoms with van der Waals surface area (Å²) in [5, 5.41) is 3.68. The van der Waals surface area contributed by atoms with Gasteiger partial charge in [-0.15, -0.1) is 0 Å². The van der Waals surface area contributed by atoms with Crippen molar-refractivity contribution in [1.82, 2.24) is 0 Å². The van der Waals surface area contributed by atoms with Gasteiger partial charge in [-0.25, -0.2) is 0 Å². The molecule has 1 N–H and O–H groups in total. The number of rotatable bonds is 5. The first-order valence-corrected chi connectivity index (χ1v) is 7.78. The van der Waals surface area contributed by atoms with Crippen LogP contribution in [-0.4, -0.2) is 12.0 Å². The van der Waals surface area contributed by atoms with Crippen LogP contribution >= 0.6 is 23.2 Å². The van der Waals surface area contributed by atoms with Crippen LogP contribution in [0, 0.1) is 0 Å². The van der Waals surface area contributed by atoms with E-state index >= 15 is 0 Å². The molecule has 0 saturated carbocycles. The Balaban J connectivity index is 2.14. The Morgan fingerprint density at radius 3 is 2.68 bits per heavy atom. The van der Waals surface area contributed by atoms with Crippen LogP contribution < -0.4 is 10.1 Å². The summed E-state index contributed by atoms with van der Waals surface area (Å²) >= 11 is 11.9. The van der Waals surface area contributed by atoms with E-state index in [0.29, 0.717) is 27.0 Å². The van der Waals surface area contributed by atoms with E-state index in [4.69, 9.17) is 27.9 Å². The smallest absolute Gasteiger partial charge is 0.255 e. The van der Waals surface area contributed by atoms with Crippen molar-refractivity contribution in [2.24, 2.45) is 0 Å². The van der Waals surface area contributed by atoms with Crippen LogP contribution in [0.25, 0.3) is 0 Å². The Labute approximate surface area is 140 Å². The SMILES string of the molecule is CCC(C)Oc1cccc(C(=O)Nc2ccc(Cl)cc2Cl)c1. The van der Waals surface area contributed by atoms with Crippen LogP contribution in [0.1, 0.15) is 30.6 Å². The lowest BCUT2D eigenvalue weighted by Gasteiger charge is -2.13. The van der Waals surface area contributed by atoms with Gasteiger partial charge in [0.1, 0.15) is 5.75 Å². The number of amides is 1. The van der Waals surface area contributed by atoms with E-state index in [9.17, 15) is 4.79 Å². The largest absolute Gasteiger partial charge is 0.491 e. The molecule has 0 fully saturated rings. The fourth-order valence-corrected chi connectivity index (χ4v) is 2.27. The number of carbonyl (C=O) groups is 1. The molecule has 1 amide bonds. The van der Waals surface area contributed by atoms with E-state index in [1.165, 1.54) is 0 Å². The average molecular weight is 338 g/mol. The predicted octanol–water partition coefficient (Wildman–Crippen LogP) is 5.42. The number of halogens is 2. The minimum atomic E-state index is -0.251. The zero-order chi connectivity index (χ0) is 16.1. The molecule has 0 radical (unpaired) electrons. The molecule has 2 aromatic rings. The van der Waals surface area contributed by atoms with Crippen molar-refractivity contribution in [3.63, 3.8) is 0 Å². The summed E-state index contributed by atoms with van der Waals surface area (Å²) in [5.74, 6) is 0.419. The molecule has 0 aliphatic heterocycles. The lowest BCUT2D eigenvalue weighted by Crippen LogP contribution is -2.13. The standard InChI is InChI=1S/C17H17Cl2NO2/c1-3-11(2)22-14-6-4-5-12(9-14)17(21)20-16-8-7-13(18)10-15(16)19/h4-11H,3H2,1-2H3,(H,20,21). The number of anilines is 1. The lowest BCUT2D eigenvalue weighted by molar-refractivity contribution is 0.102. The molecule has 0 bridgehead atoms. The number of nitrogens with one attached hydrogen (secondary N) is 1. The quantitative estimate of drug-likeness (QED) is 0.790. The fourth-order valence-electron chi connectivity index (χ4n) is 1.81. The molecule has 0 heterocycles. The number of carbonyl (C=O) groups excluding carboxylic acids is 1. The molecule has 1 atom stereocenters. The van der Waals surface area contributed by atoms with Crippen LogP contribution in [0.3, 0.4) is 0 Å². The molecule has 22 heavy (non-hydrogen) atoms. The minimum absolute atomic E-state index is 0.101. The zero-order valence-corrected chi connectivity index (χ0v) is 13.9. The second-order valence-electron chi connectivity index (χ2n) is 4.94. The molecule has 1 unspecified atom stereocenters. The highest BCUT2D eigenvalue weighted by Crippen LogP contribution is 2.26. The second-order valence-corrected chi connectivity index (χ2v) is 5.79. The van der Waals surface area contributed by atoms with Crippen LogP contribution in [0.4, 0.5) is 5.69 Å². The Kier molecular flexibility index (Phi) is 5.69. The number of hydrogen-bond acceptors (Lipinski definition) is 2. The molecule has 116 valence electrons. The van der Waals surface area contributed by atoms with Gasteiger partial charge in [-0.2, -0.15) is 0 Å². The van der Waals surface area contributed by atoms with Crippen molar-refractivity contribution in [2.75, 3.05) is 5.32 Å². The van der Waals surface area contributed by atoms with Gasteiger partial charge in [-0.1, -0.05) is 36.2 Å². The first kappa shape index (κ1) is 16.7. The number of hydrogen-bond donors (Lipinski definition) is 1. The Morgan fingerprint density at radius 1 is 1.23 bits per heavy atom. The molecular formula is C17H17Cl2NO2. The first-order valence-electron chi connectivity index (χ1n) is 7.02. The average Bonchev–Trinajstić information content (AvgIpc) is 2.50. The summed E-state index contributed by atoms with van der Waals surface area (Å²) in [5.41, 5.74) is 1.02. The van der Waals surface area contributed by atoms with Crippen molar-refractivity contribution in [1.29, 1.82) is 0 Å². The molecule has 0 aliphatic rings. The van der Waals surface area contributed by atoms with Crippen LogP contribution in [0.2, 0.25) is 10.0 Å². The zero-order valence-electron chi connectivity index (χ0n) is 12.4. The van der Waals surface area contributed by atoms with Gasteiger partial charge in [0.05, 0.1) is 16.8 Å². The van der Waals surface area contributed by atoms with Crippen LogP contribution in [0.15, 0.2) is 42.5 Å². The maximum absolute atomic E-state index is 12.3. The number of benzene rings is 2. The maximum Gasteiger partial charge on any atom is 0.255 e. The minimum Gasteiger partial charge on any atom is -0.491 e. The van der Waals surface area contributed by atoms with Gasteiger partial charge in [-0.05, 0) is 49.7 Å². The van der Waals surface area contributed by atoms with E-state index < -0.39 is 0 Å². The van der Waals surface area contributed by atoms with Crippen LogP contribution in [0.5, 0.6) is 5.75 Å². The van der Waals surface area contributed by atoms with Gasteiger partial charge >= 0.3 is 0 Å². The van der Waals surface area contributed by atoms with Crippen molar-refractivity contribution in [3.05, 3.63) is 58.1 Å². The molecule has 0 spiro atoms. The van der Waals surface area contributed by atoms with Gasteiger partial charge < -0.3 is 10.1 Å². The van der Waals surface area contributed by atoms with Crippen LogP contribution in [-0.2, 0) is 0 Å². The Bertz CT molecular complexity index is 673. The van der Waals surface area contributed by atoms with Gasteiger partial charge in [0.25, 0.3) is 5.91 Å². The Hall–Kier alpha value is -1.71. The topological polar surface area (TPSA) is 38.3 Å². The molecule has 3 nitrogen and oxygen atoms in total. The van der Waals surface area contributed by atoms with Gasteiger partial charge in [0.2, 0.25) is 0 Å². The van der Waals surface area contributed by atoms with Gasteiger partial charge in [0, 0.05) is 10.6 Å². The molecule has 0 aliphatic carbocycles. The van der Waals surface area contributed by atoms with E-state index in [1.807, 2.05) is 19.9 Å². The third-order valence-corrected chi connectivity index (χ3v) is 3.74. The lowest BCUT2D eigenvalue weighted by atomic mass is 10.2. The molecule has 2 rings (SSSR count). The molecule has 0 saturated heterocycles. The van der Waals surface area contributed by atoms with Crippen molar-refractivity contribution in [3.8, 4) is 5.75 Å². The summed E-state index contributed by atoms with van der Waals surface area (Å²) in [7, 11) is 0. The van der Waals surface area contributed by atoms with E-state index in [0.717, 1.165) is 6.42 Å². The van der Waals surface area contributed by atoms with E-state index in [-0.39, 0.29) is 12.0 Å². The summed E-state index contributed by atoms with van der Waals surface area (Å²) < 4.78 is 5.72.